The number of aromatic hydroxyl groups is 1. The number of nitrogens with zero attached hydrogens (tertiary/aromatic N) is 2. The standard InChI is InChI=1S/C15H13Br2N3O3/c1-2-23-12-7-11(16)13(17)10(14(12)21)8-19-20-15(22)9-3-5-18-6-4-9/h3-8,21H,2H2,1H3,(H,20,22)/b19-8+. The quantitative estimate of drug-likeness (QED) is 0.548. The van der Waals surface area contributed by atoms with Crippen LogP contribution in [0.15, 0.2) is 44.6 Å². The summed E-state index contributed by atoms with van der Waals surface area (Å²) in [7, 11) is 0. The molecule has 0 aliphatic carbocycles. The highest BCUT2D eigenvalue weighted by Crippen LogP contribution is 2.39. The highest BCUT2D eigenvalue weighted by atomic mass is 79.9. The van der Waals surface area contributed by atoms with E-state index in [1.165, 1.54) is 18.6 Å². The molecular weight excluding hydrogens is 430 g/mol. The molecule has 2 rings (SSSR count). The number of amides is 1. The topological polar surface area (TPSA) is 83.8 Å². The fourth-order valence-corrected chi connectivity index (χ4v) is 2.54. The zero-order chi connectivity index (χ0) is 16.8. The van der Waals surface area contributed by atoms with Gasteiger partial charge in [-0.2, -0.15) is 5.10 Å². The second-order valence-corrected chi connectivity index (χ2v) is 5.95. The minimum absolute atomic E-state index is 0.0659. The summed E-state index contributed by atoms with van der Waals surface area (Å²) in [5.74, 6) is -0.118. The number of pyridine rings is 1. The Morgan fingerprint density at radius 1 is 1.43 bits per heavy atom. The Bertz CT molecular complexity index is 736. The second kappa shape index (κ2) is 8.07. The number of phenols is 1. The number of halogens is 2. The van der Waals surface area contributed by atoms with Crippen molar-refractivity contribution in [3.8, 4) is 11.5 Å². The van der Waals surface area contributed by atoms with Crippen molar-refractivity contribution in [1.29, 1.82) is 0 Å². The summed E-state index contributed by atoms with van der Waals surface area (Å²) in [5.41, 5.74) is 3.21. The lowest BCUT2D eigenvalue weighted by molar-refractivity contribution is 0.0955. The van der Waals surface area contributed by atoms with Crippen LogP contribution in [0.1, 0.15) is 22.8 Å². The number of benzene rings is 1. The molecule has 1 amide bonds. The van der Waals surface area contributed by atoms with Gasteiger partial charge in [0.05, 0.1) is 18.4 Å². The van der Waals surface area contributed by atoms with Crippen molar-refractivity contribution in [2.75, 3.05) is 6.61 Å². The van der Waals surface area contributed by atoms with Crippen molar-refractivity contribution in [1.82, 2.24) is 10.4 Å². The number of hydrazone groups is 1. The maximum Gasteiger partial charge on any atom is 0.271 e. The SMILES string of the molecule is CCOc1cc(Br)c(Br)c(/C=N/NC(=O)c2ccncc2)c1O. The minimum atomic E-state index is -0.376. The van der Waals surface area contributed by atoms with Crippen LogP contribution in [0.5, 0.6) is 11.5 Å². The Balaban J connectivity index is 2.21. The first-order valence-electron chi connectivity index (χ1n) is 6.61. The molecule has 0 atom stereocenters. The highest BCUT2D eigenvalue weighted by Gasteiger charge is 2.14. The van der Waals surface area contributed by atoms with Gasteiger partial charge < -0.3 is 9.84 Å². The van der Waals surface area contributed by atoms with E-state index in [2.05, 4.69) is 47.4 Å². The molecule has 1 aromatic carbocycles. The predicted molar refractivity (Wildman–Crippen MR) is 94.0 cm³/mol. The van der Waals surface area contributed by atoms with Gasteiger partial charge in [-0.05, 0) is 57.0 Å². The molecular formula is C15H13Br2N3O3. The van der Waals surface area contributed by atoms with E-state index in [1.807, 2.05) is 6.92 Å². The van der Waals surface area contributed by atoms with Crippen molar-refractivity contribution >= 4 is 44.0 Å². The molecule has 8 heteroatoms. The van der Waals surface area contributed by atoms with E-state index < -0.39 is 0 Å². The van der Waals surface area contributed by atoms with E-state index in [0.717, 1.165) is 0 Å². The van der Waals surface area contributed by atoms with E-state index in [9.17, 15) is 9.90 Å². The predicted octanol–water partition coefficient (Wildman–Crippen LogP) is 3.47. The molecule has 23 heavy (non-hydrogen) atoms. The summed E-state index contributed by atoms with van der Waals surface area (Å²) in [6.45, 7) is 2.23. The molecule has 0 aliphatic rings. The van der Waals surface area contributed by atoms with Crippen LogP contribution in [0.3, 0.4) is 0 Å². The summed E-state index contributed by atoms with van der Waals surface area (Å²) in [6, 6.07) is 4.80. The van der Waals surface area contributed by atoms with Gasteiger partial charge in [0.25, 0.3) is 5.91 Å². The third-order valence-electron chi connectivity index (χ3n) is 2.79. The molecule has 1 heterocycles. The Labute approximate surface area is 149 Å². The zero-order valence-corrected chi connectivity index (χ0v) is 15.3. The van der Waals surface area contributed by atoms with Crippen molar-refractivity contribution in [3.63, 3.8) is 0 Å². The van der Waals surface area contributed by atoms with Crippen LogP contribution < -0.4 is 10.2 Å². The molecule has 6 nitrogen and oxygen atoms in total. The number of aromatic nitrogens is 1. The van der Waals surface area contributed by atoms with Gasteiger partial charge in [-0.1, -0.05) is 0 Å². The lowest BCUT2D eigenvalue weighted by Crippen LogP contribution is -2.17. The van der Waals surface area contributed by atoms with Gasteiger partial charge >= 0.3 is 0 Å². The molecule has 0 unspecified atom stereocenters. The van der Waals surface area contributed by atoms with Crippen LogP contribution in [0.2, 0.25) is 0 Å². The first kappa shape index (κ1) is 17.4. The lowest BCUT2D eigenvalue weighted by Gasteiger charge is -2.11. The fraction of sp³-hybridized carbons (Fsp3) is 0.133. The zero-order valence-electron chi connectivity index (χ0n) is 12.1. The monoisotopic (exact) mass is 441 g/mol. The summed E-state index contributed by atoms with van der Waals surface area (Å²) in [6.07, 6.45) is 4.37. The average Bonchev–Trinajstić information content (AvgIpc) is 2.56. The lowest BCUT2D eigenvalue weighted by atomic mass is 10.2. The van der Waals surface area contributed by atoms with Gasteiger partial charge in [-0.25, -0.2) is 5.43 Å². The number of hydrogen-bond donors (Lipinski definition) is 2. The van der Waals surface area contributed by atoms with Crippen LogP contribution in [0.25, 0.3) is 0 Å². The number of nitrogens with one attached hydrogen (secondary N) is 1. The van der Waals surface area contributed by atoms with Crippen molar-refractivity contribution in [3.05, 3.63) is 50.7 Å². The third-order valence-corrected chi connectivity index (χ3v) is 4.81. The van der Waals surface area contributed by atoms with Crippen LogP contribution in [0, 0.1) is 0 Å². The Morgan fingerprint density at radius 3 is 2.78 bits per heavy atom. The summed E-state index contributed by atoms with van der Waals surface area (Å²) >= 11 is 6.72. The smallest absolute Gasteiger partial charge is 0.271 e. The Kier molecular flexibility index (Phi) is 6.12. The summed E-state index contributed by atoms with van der Waals surface area (Å²) in [4.78, 5) is 15.7. The van der Waals surface area contributed by atoms with Crippen LogP contribution in [0.4, 0.5) is 0 Å². The maximum absolute atomic E-state index is 11.9. The third kappa shape index (κ3) is 4.29. The van der Waals surface area contributed by atoms with Crippen molar-refractivity contribution in [2.45, 2.75) is 6.92 Å². The second-order valence-electron chi connectivity index (χ2n) is 4.30. The van der Waals surface area contributed by atoms with E-state index >= 15 is 0 Å². The van der Waals surface area contributed by atoms with Crippen LogP contribution in [-0.2, 0) is 0 Å². The summed E-state index contributed by atoms with van der Waals surface area (Å²) < 4.78 is 6.65. The highest BCUT2D eigenvalue weighted by molar-refractivity contribution is 9.13. The molecule has 0 radical (unpaired) electrons. The van der Waals surface area contributed by atoms with Gasteiger partial charge in [0, 0.05) is 26.9 Å². The molecule has 0 bridgehead atoms. The number of rotatable bonds is 5. The first-order valence-corrected chi connectivity index (χ1v) is 8.20. The molecule has 0 aliphatic heterocycles. The molecule has 0 fully saturated rings. The number of carbonyl (C=O) groups excluding carboxylic acids is 1. The molecule has 2 N–H and O–H groups in total. The molecule has 0 spiro atoms. The number of phenolic OH excluding ortho intramolecular Hbond substituents is 1. The normalized spacial score (nSPS) is 10.7. The molecule has 1 aromatic heterocycles. The number of ether oxygens (including phenoxy) is 1. The molecule has 2 aromatic rings. The first-order chi connectivity index (χ1) is 11.0. The molecule has 0 saturated carbocycles. The molecule has 120 valence electrons. The fourth-order valence-electron chi connectivity index (χ4n) is 1.72. The van der Waals surface area contributed by atoms with Crippen LogP contribution in [-0.4, -0.2) is 28.8 Å². The van der Waals surface area contributed by atoms with Gasteiger partial charge in [0.2, 0.25) is 0 Å². The van der Waals surface area contributed by atoms with Gasteiger partial charge in [-0.3, -0.25) is 9.78 Å². The van der Waals surface area contributed by atoms with E-state index in [-0.39, 0.29) is 11.7 Å². The number of hydrogen-bond acceptors (Lipinski definition) is 5. The van der Waals surface area contributed by atoms with E-state index in [0.29, 0.717) is 32.4 Å². The van der Waals surface area contributed by atoms with Crippen LogP contribution >= 0.6 is 31.9 Å². The maximum atomic E-state index is 11.9. The van der Waals surface area contributed by atoms with E-state index in [1.54, 1.807) is 18.2 Å². The van der Waals surface area contributed by atoms with E-state index in [4.69, 9.17) is 4.74 Å². The summed E-state index contributed by atoms with van der Waals surface area (Å²) in [5, 5.41) is 14.1. The Morgan fingerprint density at radius 2 is 2.13 bits per heavy atom. The van der Waals surface area contributed by atoms with Crippen molar-refractivity contribution < 1.29 is 14.6 Å². The Hall–Kier alpha value is -1.93. The largest absolute Gasteiger partial charge is 0.504 e. The van der Waals surface area contributed by atoms with Crippen molar-refractivity contribution in [2.24, 2.45) is 5.10 Å². The minimum Gasteiger partial charge on any atom is -0.504 e. The number of carbonyl (C=O) groups is 1. The van der Waals surface area contributed by atoms with Gasteiger partial charge in [-0.15, -0.1) is 0 Å². The van der Waals surface area contributed by atoms with Gasteiger partial charge in [0.15, 0.2) is 11.5 Å². The van der Waals surface area contributed by atoms with Gasteiger partial charge in [0.1, 0.15) is 0 Å². The molecule has 0 saturated heterocycles. The average molecular weight is 443 g/mol.